The maximum Gasteiger partial charge on any atom is 0.205 e. The maximum absolute atomic E-state index is 9.85. The standard InChI is InChI=1S/C23H22ClN7OS/c1-2-3-8-20-26-21(24)18(13-32)31(20)12-14-9-10-17-19(11-14)33-23(25-17)16-7-5-4-6-15(16)22-27-29-30-28-22/h4-7,9-11,32H,2-3,8,12-13H2,1H3,(H,27,28,29,30). The third-order valence-corrected chi connectivity index (χ3v) is 6.90. The molecule has 3 heterocycles. The Bertz CT molecular complexity index is 1390. The highest BCUT2D eigenvalue weighted by molar-refractivity contribution is 7.21. The van der Waals surface area contributed by atoms with Gasteiger partial charge in [0.05, 0.1) is 22.5 Å². The number of tetrazole rings is 1. The van der Waals surface area contributed by atoms with Crippen molar-refractivity contribution in [2.75, 3.05) is 0 Å². The average Bonchev–Trinajstić information content (AvgIpc) is 3.57. The van der Waals surface area contributed by atoms with Gasteiger partial charge in [-0.3, -0.25) is 0 Å². The van der Waals surface area contributed by atoms with E-state index in [1.807, 2.05) is 34.9 Å². The summed E-state index contributed by atoms with van der Waals surface area (Å²) in [5.74, 6) is 1.45. The van der Waals surface area contributed by atoms with Crippen LogP contribution in [0.3, 0.4) is 0 Å². The number of nitrogens with zero attached hydrogens (tertiary/aromatic N) is 6. The zero-order valence-electron chi connectivity index (χ0n) is 18.0. The molecule has 5 aromatic rings. The Labute approximate surface area is 199 Å². The highest BCUT2D eigenvalue weighted by Gasteiger charge is 2.17. The fraction of sp³-hybridized carbons (Fsp3) is 0.261. The summed E-state index contributed by atoms with van der Waals surface area (Å²) in [6, 6.07) is 14.2. The van der Waals surface area contributed by atoms with Crippen molar-refractivity contribution in [1.82, 2.24) is 35.2 Å². The van der Waals surface area contributed by atoms with E-state index in [2.05, 4.69) is 44.7 Å². The van der Waals surface area contributed by atoms with E-state index < -0.39 is 0 Å². The number of unbranched alkanes of at least 4 members (excludes halogenated alkanes) is 1. The first-order valence-corrected chi connectivity index (χ1v) is 11.9. The fourth-order valence-electron chi connectivity index (χ4n) is 3.87. The molecule has 2 N–H and O–H groups in total. The number of aliphatic hydroxyl groups is 1. The van der Waals surface area contributed by atoms with E-state index >= 15 is 0 Å². The monoisotopic (exact) mass is 479 g/mol. The summed E-state index contributed by atoms with van der Waals surface area (Å²) in [5.41, 5.74) is 4.53. The third-order valence-electron chi connectivity index (χ3n) is 5.54. The molecule has 10 heteroatoms. The lowest BCUT2D eigenvalue weighted by atomic mass is 10.1. The second-order valence-electron chi connectivity index (χ2n) is 7.72. The molecule has 0 saturated heterocycles. The van der Waals surface area contributed by atoms with Crippen LogP contribution >= 0.6 is 22.9 Å². The minimum Gasteiger partial charge on any atom is -0.390 e. The SMILES string of the molecule is CCCCc1nc(Cl)c(CO)n1Cc1ccc2nc(-c3ccccc3-c3nn[nH]n3)sc2c1. The Hall–Kier alpha value is -3.14. The van der Waals surface area contributed by atoms with Crippen LogP contribution in [0, 0.1) is 0 Å². The molecule has 168 valence electrons. The van der Waals surface area contributed by atoms with Gasteiger partial charge in [0.1, 0.15) is 10.8 Å². The molecule has 0 radical (unpaired) electrons. The van der Waals surface area contributed by atoms with E-state index in [9.17, 15) is 5.11 Å². The number of rotatable bonds is 8. The van der Waals surface area contributed by atoms with Crippen molar-refractivity contribution >= 4 is 33.2 Å². The molecule has 2 aromatic carbocycles. The molecule has 0 aliphatic heterocycles. The predicted octanol–water partition coefficient (Wildman–Crippen LogP) is 4.88. The van der Waals surface area contributed by atoms with Gasteiger partial charge < -0.3 is 9.67 Å². The summed E-state index contributed by atoms with van der Waals surface area (Å²) >= 11 is 7.92. The number of thiazole rings is 1. The molecule has 0 unspecified atom stereocenters. The molecule has 0 aliphatic rings. The van der Waals surface area contributed by atoms with Gasteiger partial charge in [-0.1, -0.05) is 55.3 Å². The molecular weight excluding hydrogens is 458 g/mol. The van der Waals surface area contributed by atoms with Crippen molar-refractivity contribution in [3.05, 3.63) is 64.7 Å². The Morgan fingerprint density at radius 3 is 2.73 bits per heavy atom. The Balaban J connectivity index is 1.50. The van der Waals surface area contributed by atoms with Gasteiger partial charge in [-0.15, -0.1) is 21.5 Å². The van der Waals surface area contributed by atoms with Gasteiger partial charge in [-0.25, -0.2) is 9.97 Å². The first-order chi connectivity index (χ1) is 16.2. The zero-order chi connectivity index (χ0) is 22.8. The molecule has 33 heavy (non-hydrogen) atoms. The smallest absolute Gasteiger partial charge is 0.205 e. The number of halogens is 1. The number of aromatic amines is 1. The second-order valence-corrected chi connectivity index (χ2v) is 9.10. The molecule has 0 saturated carbocycles. The number of aryl methyl sites for hydroxylation is 1. The average molecular weight is 480 g/mol. The Kier molecular flexibility index (Phi) is 6.17. The van der Waals surface area contributed by atoms with Crippen molar-refractivity contribution in [2.24, 2.45) is 0 Å². The number of aromatic nitrogens is 7. The molecule has 0 aliphatic carbocycles. The molecule has 0 atom stereocenters. The van der Waals surface area contributed by atoms with Crippen molar-refractivity contribution < 1.29 is 5.11 Å². The largest absolute Gasteiger partial charge is 0.390 e. The molecule has 5 rings (SSSR count). The van der Waals surface area contributed by atoms with Crippen molar-refractivity contribution in [3.8, 4) is 22.0 Å². The van der Waals surface area contributed by atoms with Crippen LogP contribution in [-0.2, 0) is 19.6 Å². The molecule has 3 aromatic heterocycles. The summed E-state index contributed by atoms with van der Waals surface area (Å²) in [6.07, 6.45) is 2.92. The fourth-order valence-corrected chi connectivity index (χ4v) is 5.20. The third kappa shape index (κ3) is 4.27. The number of benzene rings is 2. The summed E-state index contributed by atoms with van der Waals surface area (Å²) in [4.78, 5) is 9.34. The van der Waals surface area contributed by atoms with Gasteiger partial charge in [-0.05, 0) is 29.3 Å². The van der Waals surface area contributed by atoms with Gasteiger partial charge in [-0.2, -0.15) is 5.21 Å². The number of hydrogen-bond acceptors (Lipinski definition) is 7. The lowest BCUT2D eigenvalue weighted by Gasteiger charge is -2.11. The first-order valence-electron chi connectivity index (χ1n) is 10.7. The molecule has 0 amide bonds. The minimum atomic E-state index is -0.141. The number of hydrogen-bond donors (Lipinski definition) is 2. The molecule has 0 bridgehead atoms. The van der Waals surface area contributed by atoms with Crippen LogP contribution in [0.5, 0.6) is 0 Å². The summed E-state index contributed by atoms with van der Waals surface area (Å²) in [5, 5.41) is 25.6. The van der Waals surface area contributed by atoms with Crippen LogP contribution in [-0.4, -0.2) is 40.3 Å². The van der Waals surface area contributed by atoms with E-state index in [4.69, 9.17) is 16.6 Å². The number of imidazole rings is 1. The quantitative estimate of drug-likeness (QED) is 0.328. The number of aliphatic hydroxyl groups excluding tert-OH is 1. The number of H-pyrrole nitrogens is 1. The first kappa shape index (κ1) is 21.7. The van der Waals surface area contributed by atoms with Crippen LogP contribution < -0.4 is 0 Å². The van der Waals surface area contributed by atoms with Crippen LogP contribution in [0.15, 0.2) is 42.5 Å². The summed E-state index contributed by atoms with van der Waals surface area (Å²) in [7, 11) is 0. The molecular formula is C23H22ClN7OS. The topological polar surface area (TPSA) is 105 Å². The molecule has 8 nitrogen and oxygen atoms in total. The van der Waals surface area contributed by atoms with Crippen LogP contribution in [0.4, 0.5) is 0 Å². The van der Waals surface area contributed by atoms with Gasteiger partial charge in [0.2, 0.25) is 5.82 Å². The van der Waals surface area contributed by atoms with Crippen LogP contribution in [0.1, 0.15) is 36.8 Å². The Morgan fingerprint density at radius 1 is 1.12 bits per heavy atom. The normalized spacial score (nSPS) is 11.5. The maximum atomic E-state index is 9.85. The van der Waals surface area contributed by atoms with Crippen LogP contribution in [0.2, 0.25) is 5.15 Å². The highest BCUT2D eigenvalue weighted by Crippen LogP contribution is 2.36. The van der Waals surface area contributed by atoms with Gasteiger partial charge in [0.25, 0.3) is 0 Å². The lowest BCUT2D eigenvalue weighted by Crippen LogP contribution is -2.09. The van der Waals surface area contributed by atoms with Gasteiger partial charge in [0.15, 0.2) is 5.15 Å². The predicted molar refractivity (Wildman–Crippen MR) is 129 cm³/mol. The van der Waals surface area contributed by atoms with E-state index in [0.717, 1.165) is 57.0 Å². The zero-order valence-corrected chi connectivity index (χ0v) is 19.6. The van der Waals surface area contributed by atoms with Crippen LogP contribution in [0.25, 0.3) is 32.2 Å². The van der Waals surface area contributed by atoms with Gasteiger partial charge in [0, 0.05) is 24.1 Å². The van der Waals surface area contributed by atoms with Gasteiger partial charge >= 0.3 is 0 Å². The summed E-state index contributed by atoms with van der Waals surface area (Å²) in [6.45, 7) is 2.60. The highest BCUT2D eigenvalue weighted by atomic mass is 35.5. The number of fused-ring (bicyclic) bond motifs is 1. The van der Waals surface area contributed by atoms with Crippen molar-refractivity contribution in [1.29, 1.82) is 0 Å². The Morgan fingerprint density at radius 2 is 1.97 bits per heavy atom. The van der Waals surface area contributed by atoms with Crippen molar-refractivity contribution in [2.45, 2.75) is 39.3 Å². The van der Waals surface area contributed by atoms with E-state index in [0.29, 0.717) is 23.2 Å². The molecule has 0 fully saturated rings. The number of nitrogens with one attached hydrogen (secondary N) is 1. The minimum absolute atomic E-state index is 0.141. The van der Waals surface area contributed by atoms with Crippen molar-refractivity contribution in [3.63, 3.8) is 0 Å². The lowest BCUT2D eigenvalue weighted by molar-refractivity contribution is 0.271. The van der Waals surface area contributed by atoms with E-state index in [1.54, 1.807) is 11.3 Å². The second kappa shape index (κ2) is 9.38. The van der Waals surface area contributed by atoms with E-state index in [1.165, 1.54) is 0 Å². The summed E-state index contributed by atoms with van der Waals surface area (Å²) < 4.78 is 3.12. The molecule has 0 spiro atoms. The van der Waals surface area contributed by atoms with E-state index in [-0.39, 0.29) is 6.61 Å².